The summed E-state index contributed by atoms with van der Waals surface area (Å²) in [4.78, 5) is 0. The average molecular weight is 311 g/mol. The van der Waals surface area contributed by atoms with Gasteiger partial charge in [-0.1, -0.05) is 26.7 Å². The summed E-state index contributed by atoms with van der Waals surface area (Å²) in [6, 6.07) is 0. The Morgan fingerprint density at radius 2 is 2.00 bits per heavy atom. The molecule has 0 aromatic carbocycles. The van der Waals surface area contributed by atoms with Gasteiger partial charge in [-0.25, -0.2) is 17.6 Å². The molecule has 1 unspecified atom stereocenters. The van der Waals surface area contributed by atoms with Crippen LogP contribution in [0, 0.1) is 0 Å². The van der Waals surface area contributed by atoms with E-state index in [1.165, 1.54) is 12.8 Å². The van der Waals surface area contributed by atoms with Crippen molar-refractivity contribution in [2.45, 2.75) is 50.8 Å². The van der Waals surface area contributed by atoms with Gasteiger partial charge in [0.15, 0.2) is 0 Å². The summed E-state index contributed by atoms with van der Waals surface area (Å²) < 4.78 is 33.1. The molecule has 1 rings (SSSR count). The minimum atomic E-state index is -4.25. The van der Waals surface area contributed by atoms with Crippen molar-refractivity contribution in [1.82, 2.24) is 4.57 Å². The first-order chi connectivity index (χ1) is 8.81. The second-order valence-electron chi connectivity index (χ2n) is 4.36. The van der Waals surface area contributed by atoms with Crippen molar-refractivity contribution in [3.05, 3.63) is 18.7 Å². The van der Waals surface area contributed by atoms with Crippen LogP contribution in [-0.4, -0.2) is 22.2 Å². The topological polar surface area (TPSA) is 66.0 Å². The summed E-state index contributed by atoms with van der Waals surface area (Å²) in [5.41, 5.74) is 0. The highest BCUT2D eigenvalue weighted by Gasteiger charge is 2.09. The van der Waals surface area contributed by atoms with Gasteiger partial charge in [0, 0.05) is 0 Å². The zero-order valence-electron chi connectivity index (χ0n) is 11.8. The number of unbranched alkanes of at least 4 members (excludes halogenated alkanes) is 1. The number of halogens is 1. The van der Waals surface area contributed by atoms with Gasteiger partial charge >= 0.3 is 0 Å². The highest BCUT2D eigenvalue weighted by Crippen LogP contribution is 2.10. The number of alkyl halides is 1. The molecule has 0 aliphatic heterocycles. The van der Waals surface area contributed by atoms with Crippen LogP contribution in [0.1, 0.15) is 39.5 Å². The molecule has 0 bridgehead atoms. The van der Waals surface area contributed by atoms with Crippen molar-refractivity contribution >= 4 is 21.7 Å². The summed E-state index contributed by atoms with van der Waals surface area (Å²) in [6.07, 6.45) is 9.65. The van der Waals surface area contributed by atoms with Crippen LogP contribution in [0.25, 0.3) is 0 Å². The predicted octanol–water partition coefficient (Wildman–Crippen LogP) is 2.01. The molecule has 19 heavy (non-hydrogen) atoms. The first kappa shape index (κ1) is 18.4. The van der Waals surface area contributed by atoms with E-state index in [1.54, 1.807) is 6.92 Å². The molecule has 0 radical (unpaired) electrons. The van der Waals surface area contributed by atoms with Gasteiger partial charge in [-0.15, -0.1) is 11.6 Å². The summed E-state index contributed by atoms with van der Waals surface area (Å²) in [5.74, 6) is 0. The third kappa shape index (κ3) is 9.02. The SMILES string of the molecule is CCCC(Cl)S(=O)(=O)[O-].CCCC[n+]1ccn(C)c1. The molecular weight excluding hydrogens is 288 g/mol. The molecule has 1 heterocycles. The predicted molar refractivity (Wildman–Crippen MR) is 74.8 cm³/mol. The Morgan fingerprint density at radius 3 is 2.32 bits per heavy atom. The van der Waals surface area contributed by atoms with Gasteiger partial charge in [0.25, 0.3) is 0 Å². The largest absolute Gasteiger partial charge is 0.747 e. The molecule has 0 amide bonds. The summed E-state index contributed by atoms with van der Waals surface area (Å²) >= 11 is 5.16. The molecule has 7 heteroatoms. The summed E-state index contributed by atoms with van der Waals surface area (Å²) in [6.45, 7) is 5.13. The van der Waals surface area contributed by atoms with Crippen LogP contribution in [0.3, 0.4) is 0 Å². The monoisotopic (exact) mass is 310 g/mol. The lowest BCUT2D eigenvalue weighted by atomic mass is 10.3. The molecule has 5 nitrogen and oxygen atoms in total. The second-order valence-corrected chi connectivity index (χ2v) is 6.70. The number of aromatic nitrogens is 2. The normalized spacial score (nSPS) is 12.7. The minimum Gasteiger partial charge on any atom is -0.747 e. The maximum absolute atomic E-state index is 10.0. The Morgan fingerprint density at radius 1 is 1.37 bits per heavy atom. The molecule has 1 aromatic rings. The van der Waals surface area contributed by atoms with Gasteiger partial charge in [-0.3, -0.25) is 0 Å². The smallest absolute Gasteiger partial charge is 0.243 e. The molecule has 0 aliphatic carbocycles. The van der Waals surface area contributed by atoms with Gasteiger partial charge < -0.3 is 4.55 Å². The minimum absolute atomic E-state index is 0.230. The maximum atomic E-state index is 10.0. The van der Waals surface area contributed by atoms with E-state index < -0.39 is 14.8 Å². The fourth-order valence-electron chi connectivity index (χ4n) is 1.35. The van der Waals surface area contributed by atoms with Crippen molar-refractivity contribution in [2.75, 3.05) is 0 Å². The summed E-state index contributed by atoms with van der Waals surface area (Å²) in [7, 11) is -2.21. The third-order valence-corrected chi connectivity index (χ3v) is 4.16. The van der Waals surface area contributed by atoms with Crippen molar-refractivity contribution in [3.63, 3.8) is 0 Å². The number of aryl methyl sites for hydroxylation is 2. The standard InChI is InChI=1S/C8H15N2.C4H9ClO3S/c1-3-4-5-10-7-6-9(2)8-10;1-2-3-4(5)9(6,7)8/h6-8H,3-5H2,1-2H3;4H,2-3H2,1H3,(H,6,7,8)/q+1;/p-1. The van der Waals surface area contributed by atoms with E-state index in [-0.39, 0.29) is 6.42 Å². The first-order valence-electron chi connectivity index (χ1n) is 6.41. The van der Waals surface area contributed by atoms with Crippen LogP contribution < -0.4 is 4.57 Å². The highest BCUT2D eigenvalue weighted by molar-refractivity contribution is 7.87. The zero-order valence-corrected chi connectivity index (χ0v) is 13.3. The highest BCUT2D eigenvalue weighted by atomic mass is 35.5. The van der Waals surface area contributed by atoms with Crippen molar-refractivity contribution in [2.24, 2.45) is 7.05 Å². The molecule has 0 fully saturated rings. The molecule has 0 spiro atoms. The lowest BCUT2D eigenvalue weighted by molar-refractivity contribution is -0.696. The van der Waals surface area contributed by atoms with Crippen molar-refractivity contribution in [1.29, 1.82) is 0 Å². The van der Waals surface area contributed by atoms with Gasteiger partial charge in [-0.2, -0.15) is 0 Å². The lowest BCUT2D eigenvalue weighted by Crippen LogP contribution is -2.30. The molecule has 112 valence electrons. The van der Waals surface area contributed by atoms with E-state index >= 15 is 0 Å². The zero-order chi connectivity index (χ0) is 14.9. The van der Waals surface area contributed by atoms with Gasteiger partial charge in [0.2, 0.25) is 6.33 Å². The molecule has 0 aliphatic rings. The Bertz CT molecular complexity index is 446. The Kier molecular flexibility index (Phi) is 9.05. The van der Waals surface area contributed by atoms with E-state index in [0.717, 1.165) is 6.54 Å². The van der Waals surface area contributed by atoms with Gasteiger partial charge in [0.1, 0.15) is 27.2 Å². The van der Waals surface area contributed by atoms with Gasteiger partial charge in [0.05, 0.1) is 13.6 Å². The quantitative estimate of drug-likeness (QED) is 0.458. The van der Waals surface area contributed by atoms with E-state index in [0.29, 0.717) is 6.42 Å². The molecular formula is C12H23ClN2O3S. The Labute approximate surface area is 121 Å². The number of hydrogen-bond acceptors (Lipinski definition) is 3. The molecule has 1 aromatic heterocycles. The van der Waals surface area contributed by atoms with Crippen LogP contribution in [-0.2, 0) is 23.7 Å². The van der Waals surface area contributed by atoms with Crippen LogP contribution in [0.15, 0.2) is 18.7 Å². The first-order valence-corrected chi connectivity index (χ1v) is 8.31. The van der Waals surface area contributed by atoms with Crippen LogP contribution >= 0.6 is 11.6 Å². The number of imidazole rings is 1. The maximum Gasteiger partial charge on any atom is 0.243 e. The molecule has 0 saturated carbocycles. The number of rotatable bonds is 6. The van der Waals surface area contributed by atoms with E-state index in [4.69, 9.17) is 11.6 Å². The van der Waals surface area contributed by atoms with E-state index in [9.17, 15) is 13.0 Å². The molecule has 1 atom stereocenters. The molecule has 0 saturated heterocycles. The lowest BCUT2D eigenvalue weighted by Gasteiger charge is -2.11. The van der Waals surface area contributed by atoms with Crippen LogP contribution in [0.5, 0.6) is 0 Å². The van der Waals surface area contributed by atoms with Gasteiger partial charge in [-0.05, 0) is 12.8 Å². The second kappa shape index (κ2) is 9.34. The van der Waals surface area contributed by atoms with E-state index in [1.807, 2.05) is 7.05 Å². The van der Waals surface area contributed by atoms with E-state index in [2.05, 4.69) is 34.8 Å². The van der Waals surface area contributed by atoms with Crippen LogP contribution in [0.2, 0.25) is 0 Å². The Balaban J connectivity index is 0.000000344. The Hall–Kier alpha value is -0.590. The van der Waals surface area contributed by atoms with Crippen LogP contribution in [0.4, 0.5) is 0 Å². The molecule has 0 N–H and O–H groups in total. The average Bonchev–Trinajstić information content (AvgIpc) is 2.72. The van der Waals surface area contributed by atoms with Crippen molar-refractivity contribution in [3.8, 4) is 0 Å². The fraction of sp³-hybridized carbons (Fsp3) is 0.750. The van der Waals surface area contributed by atoms with Crippen molar-refractivity contribution < 1.29 is 17.5 Å². The fourth-order valence-corrected chi connectivity index (χ4v) is 2.09. The summed E-state index contributed by atoms with van der Waals surface area (Å²) in [5, 5.41) is 0. The third-order valence-electron chi connectivity index (χ3n) is 2.42. The number of hydrogen-bond donors (Lipinski definition) is 0. The number of nitrogens with zero attached hydrogens (tertiary/aromatic N) is 2.